The molecule has 0 saturated carbocycles. The molecular weight excluding hydrogens is 437 g/mol. The third-order valence-corrected chi connectivity index (χ3v) is 6.17. The number of rotatable bonds is 7. The van der Waals surface area contributed by atoms with Crippen LogP contribution in [0.25, 0.3) is 0 Å². The number of amides is 2. The average molecular weight is 458 g/mol. The first-order valence-electron chi connectivity index (χ1n) is 9.05. The van der Waals surface area contributed by atoms with E-state index in [-0.39, 0.29) is 11.8 Å². The molecule has 1 saturated heterocycles. The van der Waals surface area contributed by atoms with Crippen molar-refractivity contribution in [2.45, 2.75) is 11.6 Å². The summed E-state index contributed by atoms with van der Waals surface area (Å²) in [5.74, 6) is 0.856. The van der Waals surface area contributed by atoms with E-state index in [1.807, 2.05) is 11.6 Å². The molecule has 1 N–H and O–H groups in total. The summed E-state index contributed by atoms with van der Waals surface area (Å²) in [5.41, 5.74) is 0.440. The Bertz CT molecular complexity index is 886. The molecule has 156 valence electrons. The third-order valence-electron chi connectivity index (χ3n) is 4.43. The Hall–Kier alpha value is -1.81. The van der Waals surface area contributed by atoms with Crippen LogP contribution in [0, 0.1) is 0 Å². The number of halogens is 2. The number of morpholine rings is 1. The highest BCUT2D eigenvalue weighted by atomic mass is 35.5. The molecule has 8 nitrogen and oxygen atoms in total. The van der Waals surface area contributed by atoms with Crippen molar-refractivity contribution in [3.05, 3.63) is 39.6 Å². The molecule has 0 unspecified atom stereocenters. The Kier molecular flexibility index (Phi) is 7.77. The van der Waals surface area contributed by atoms with Crippen molar-refractivity contribution < 1.29 is 14.3 Å². The number of hydrogen-bond acceptors (Lipinski definition) is 6. The summed E-state index contributed by atoms with van der Waals surface area (Å²) in [4.78, 5) is 26.2. The average Bonchev–Trinajstić information content (AvgIpc) is 3.08. The third kappa shape index (κ3) is 5.85. The van der Waals surface area contributed by atoms with Gasteiger partial charge in [-0.15, -0.1) is 10.2 Å². The van der Waals surface area contributed by atoms with Crippen LogP contribution in [0.5, 0.6) is 0 Å². The Labute approximate surface area is 182 Å². The largest absolute Gasteiger partial charge is 0.378 e. The summed E-state index contributed by atoms with van der Waals surface area (Å²) >= 11 is 13.2. The van der Waals surface area contributed by atoms with Gasteiger partial charge < -0.3 is 19.5 Å². The molecule has 0 aliphatic carbocycles. The number of nitrogens with zero attached hydrogens (tertiary/aromatic N) is 4. The van der Waals surface area contributed by atoms with E-state index in [4.69, 9.17) is 27.9 Å². The zero-order valence-corrected chi connectivity index (χ0v) is 18.2. The highest BCUT2D eigenvalue weighted by Crippen LogP contribution is 2.22. The predicted octanol–water partition coefficient (Wildman–Crippen LogP) is 2.05. The summed E-state index contributed by atoms with van der Waals surface area (Å²) in [5, 5.41) is 12.5. The lowest BCUT2D eigenvalue weighted by Gasteiger charge is -2.26. The normalized spacial score (nSPS) is 14.1. The minimum atomic E-state index is -0.239. The van der Waals surface area contributed by atoms with E-state index in [1.165, 1.54) is 17.8 Å². The lowest BCUT2D eigenvalue weighted by Crippen LogP contribution is -2.41. The molecule has 1 aliphatic heterocycles. The van der Waals surface area contributed by atoms with Crippen LogP contribution in [0.3, 0.4) is 0 Å². The van der Waals surface area contributed by atoms with Gasteiger partial charge in [-0.25, -0.2) is 0 Å². The van der Waals surface area contributed by atoms with Gasteiger partial charge in [-0.05, 0) is 18.2 Å². The summed E-state index contributed by atoms with van der Waals surface area (Å²) in [6, 6.07) is 4.73. The van der Waals surface area contributed by atoms with E-state index in [0.717, 1.165) is 5.82 Å². The first kappa shape index (κ1) is 21.9. The van der Waals surface area contributed by atoms with E-state index < -0.39 is 0 Å². The smallest absolute Gasteiger partial charge is 0.251 e. The van der Waals surface area contributed by atoms with Crippen molar-refractivity contribution in [2.24, 2.45) is 7.05 Å². The number of aromatic nitrogens is 3. The van der Waals surface area contributed by atoms with Gasteiger partial charge in [-0.2, -0.15) is 0 Å². The van der Waals surface area contributed by atoms with Crippen LogP contribution in [0.1, 0.15) is 16.2 Å². The SMILES string of the molecule is Cn1c(CCNC(=O)c2ccc(Cl)c(Cl)c2)nnc1SCC(=O)N1CCOCC1. The standard InChI is InChI=1S/C18H21Cl2N5O3S/c1-24-15(4-5-21-17(27)12-2-3-13(19)14(20)10-12)22-23-18(24)29-11-16(26)25-6-8-28-9-7-25/h2-3,10H,4-9,11H2,1H3,(H,21,27). The van der Waals surface area contributed by atoms with Crippen molar-refractivity contribution >= 4 is 46.8 Å². The predicted molar refractivity (Wildman–Crippen MR) is 112 cm³/mol. The number of nitrogens with one attached hydrogen (secondary N) is 1. The molecule has 0 spiro atoms. The van der Waals surface area contributed by atoms with Gasteiger partial charge in [0.15, 0.2) is 5.16 Å². The molecule has 29 heavy (non-hydrogen) atoms. The maximum Gasteiger partial charge on any atom is 0.251 e. The summed E-state index contributed by atoms with van der Waals surface area (Å²) < 4.78 is 7.10. The number of hydrogen-bond donors (Lipinski definition) is 1. The first-order chi connectivity index (χ1) is 14.0. The molecule has 2 amide bonds. The fraction of sp³-hybridized carbons (Fsp3) is 0.444. The number of ether oxygens (including phenoxy) is 1. The van der Waals surface area contributed by atoms with Gasteiger partial charge in [0.05, 0.1) is 29.0 Å². The van der Waals surface area contributed by atoms with Crippen LogP contribution in [0.2, 0.25) is 10.0 Å². The Balaban J connectivity index is 1.47. The first-order valence-corrected chi connectivity index (χ1v) is 10.8. The molecule has 2 aromatic rings. The fourth-order valence-corrected chi connectivity index (χ4v) is 3.88. The van der Waals surface area contributed by atoms with Gasteiger partial charge in [0.1, 0.15) is 5.82 Å². The number of benzene rings is 1. The lowest BCUT2D eigenvalue weighted by atomic mass is 10.2. The van der Waals surface area contributed by atoms with Gasteiger partial charge >= 0.3 is 0 Å². The summed E-state index contributed by atoms with van der Waals surface area (Å²) in [7, 11) is 1.84. The van der Waals surface area contributed by atoms with Crippen LogP contribution < -0.4 is 5.32 Å². The van der Waals surface area contributed by atoms with Crippen LogP contribution in [-0.2, 0) is 23.0 Å². The van der Waals surface area contributed by atoms with Gasteiger partial charge in [-0.1, -0.05) is 35.0 Å². The molecule has 2 heterocycles. The topological polar surface area (TPSA) is 89.3 Å². The van der Waals surface area contributed by atoms with Crippen molar-refractivity contribution in [1.82, 2.24) is 25.0 Å². The van der Waals surface area contributed by atoms with E-state index in [0.29, 0.717) is 65.8 Å². The minimum Gasteiger partial charge on any atom is -0.378 e. The molecule has 0 radical (unpaired) electrons. The fourth-order valence-electron chi connectivity index (χ4n) is 2.75. The molecule has 1 aromatic heterocycles. The molecule has 11 heteroatoms. The second kappa shape index (κ2) is 10.3. The Morgan fingerprint density at radius 3 is 2.69 bits per heavy atom. The quantitative estimate of drug-likeness (QED) is 0.639. The van der Waals surface area contributed by atoms with Crippen LogP contribution in [0.4, 0.5) is 0 Å². The van der Waals surface area contributed by atoms with Crippen molar-refractivity contribution in [3.8, 4) is 0 Å². The molecule has 1 aromatic carbocycles. The van der Waals surface area contributed by atoms with Crippen molar-refractivity contribution in [3.63, 3.8) is 0 Å². The van der Waals surface area contributed by atoms with E-state index in [1.54, 1.807) is 17.0 Å². The summed E-state index contributed by atoms with van der Waals surface area (Å²) in [6.07, 6.45) is 0.508. The Morgan fingerprint density at radius 1 is 1.21 bits per heavy atom. The van der Waals surface area contributed by atoms with Gasteiger partial charge in [0.2, 0.25) is 5.91 Å². The van der Waals surface area contributed by atoms with E-state index in [9.17, 15) is 9.59 Å². The highest BCUT2D eigenvalue weighted by molar-refractivity contribution is 7.99. The number of thioether (sulfide) groups is 1. The maximum atomic E-state index is 12.2. The van der Waals surface area contributed by atoms with Crippen LogP contribution >= 0.6 is 35.0 Å². The lowest BCUT2D eigenvalue weighted by molar-refractivity contribution is -0.132. The second-order valence-corrected chi connectivity index (χ2v) is 8.13. The number of carbonyl (C=O) groups excluding carboxylic acids is 2. The molecule has 1 aliphatic rings. The monoisotopic (exact) mass is 457 g/mol. The highest BCUT2D eigenvalue weighted by Gasteiger charge is 2.18. The van der Waals surface area contributed by atoms with Crippen LogP contribution in [-0.4, -0.2) is 70.1 Å². The van der Waals surface area contributed by atoms with Gasteiger partial charge in [0, 0.05) is 38.7 Å². The Morgan fingerprint density at radius 2 is 1.97 bits per heavy atom. The molecule has 3 rings (SSSR count). The van der Waals surface area contributed by atoms with Crippen molar-refractivity contribution in [2.75, 3.05) is 38.6 Å². The molecular formula is C18H21Cl2N5O3S. The van der Waals surface area contributed by atoms with Crippen molar-refractivity contribution in [1.29, 1.82) is 0 Å². The van der Waals surface area contributed by atoms with E-state index >= 15 is 0 Å². The summed E-state index contributed by atoms with van der Waals surface area (Å²) in [6.45, 7) is 2.81. The van der Waals surface area contributed by atoms with Gasteiger partial charge in [-0.3, -0.25) is 9.59 Å². The van der Waals surface area contributed by atoms with E-state index in [2.05, 4.69) is 15.5 Å². The molecule has 0 bridgehead atoms. The molecule has 0 atom stereocenters. The molecule has 1 fully saturated rings. The zero-order valence-electron chi connectivity index (χ0n) is 15.9. The van der Waals surface area contributed by atoms with Crippen LogP contribution in [0.15, 0.2) is 23.4 Å². The second-order valence-electron chi connectivity index (χ2n) is 6.37. The maximum absolute atomic E-state index is 12.2. The van der Waals surface area contributed by atoms with Gasteiger partial charge in [0.25, 0.3) is 5.91 Å². The minimum absolute atomic E-state index is 0.0664. The zero-order chi connectivity index (χ0) is 20.8. The number of carbonyl (C=O) groups is 2.